The topological polar surface area (TPSA) is 135 Å². The van der Waals surface area contributed by atoms with E-state index in [1.54, 1.807) is 12.1 Å². The fourth-order valence-electron chi connectivity index (χ4n) is 2.75. The molecule has 5 N–H and O–H groups in total. The number of unbranched alkanes of at least 4 members (excludes halogenated alkanes) is 3. The molecule has 27 heavy (non-hydrogen) atoms. The summed E-state index contributed by atoms with van der Waals surface area (Å²) < 4.78 is 0. The molecule has 0 aromatic heterocycles. The maximum Gasteiger partial charge on any atom is 0.339 e. The molecule has 9 heteroatoms. The van der Waals surface area contributed by atoms with E-state index < -0.39 is 36.2 Å². The van der Waals surface area contributed by atoms with E-state index in [9.17, 15) is 24.9 Å². The Morgan fingerprint density at radius 3 is 2.22 bits per heavy atom. The summed E-state index contributed by atoms with van der Waals surface area (Å²) in [5, 5.41) is 48.1. The predicted octanol–water partition coefficient (Wildman–Crippen LogP) is 2.50. The number of halogens is 2. The molecule has 0 aliphatic heterocycles. The van der Waals surface area contributed by atoms with Crippen molar-refractivity contribution in [1.82, 2.24) is 0 Å². The van der Waals surface area contributed by atoms with E-state index in [1.165, 1.54) is 0 Å². The fraction of sp³-hybridized carbons (Fsp3) is 0.556. The van der Waals surface area contributed by atoms with Gasteiger partial charge in [0.1, 0.15) is 0 Å². The summed E-state index contributed by atoms with van der Waals surface area (Å²) in [6.07, 6.45) is -0.522. The molecule has 1 rings (SSSR count). The zero-order valence-corrected chi connectivity index (χ0v) is 16.2. The Balaban J connectivity index is 2.34. The SMILES string of the molecule is O=C(O)[C@H](O)[C@@](O)(C[C@H](O)CCCCCCc1ccc(Cl)cc1Cl)C(=O)O. The smallest absolute Gasteiger partial charge is 0.339 e. The summed E-state index contributed by atoms with van der Waals surface area (Å²) >= 11 is 11.9. The van der Waals surface area contributed by atoms with Gasteiger partial charge in [0.2, 0.25) is 5.60 Å². The number of aliphatic hydroxyl groups is 3. The van der Waals surface area contributed by atoms with Crippen molar-refractivity contribution >= 4 is 35.1 Å². The number of benzene rings is 1. The van der Waals surface area contributed by atoms with Crippen molar-refractivity contribution in [3.8, 4) is 0 Å². The highest BCUT2D eigenvalue weighted by molar-refractivity contribution is 6.35. The number of aryl methyl sites for hydroxylation is 1. The highest BCUT2D eigenvalue weighted by atomic mass is 35.5. The van der Waals surface area contributed by atoms with Gasteiger partial charge in [0, 0.05) is 16.5 Å². The van der Waals surface area contributed by atoms with Crippen molar-refractivity contribution in [2.45, 2.75) is 62.8 Å². The molecule has 1 aromatic carbocycles. The molecule has 0 amide bonds. The minimum Gasteiger partial charge on any atom is -0.479 e. The number of rotatable bonds is 12. The van der Waals surface area contributed by atoms with Crippen molar-refractivity contribution < 1.29 is 35.1 Å². The van der Waals surface area contributed by atoms with Gasteiger partial charge in [0.25, 0.3) is 0 Å². The third-order valence-electron chi connectivity index (χ3n) is 4.35. The maximum atomic E-state index is 11.1. The molecule has 0 radical (unpaired) electrons. The summed E-state index contributed by atoms with van der Waals surface area (Å²) in [6, 6.07) is 5.33. The number of aliphatic hydroxyl groups excluding tert-OH is 2. The van der Waals surface area contributed by atoms with E-state index in [2.05, 4.69) is 0 Å². The van der Waals surface area contributed by atoms with Crippen molar-refractivity contribution in [1.29, 1.82) is 0 Å². The van der Waals surface area contributed by atoms with E-state index in [1.807, 2.05) is 6.07 Å². The van der Waals surface area contributed by atoms with Gasteiger partial charge in [-0.3, -0.25) is 0 Å². The molecule has 0 spiro atoms. The van der Waals surface area contributed by atoms with E-state index in [0.29, 0.717) is 16.5 Å². The maximum absolute atomic E-state index is 11.1. The summed E-state index contributed by atoms with van der Waals surface area (Å²) in [4.78, 5) is 21.8. The standard InChI is InChI=1S/C18H24Cl2O7/c19-12-8-7-11(14(20)9-12)5-3-1-2-4-6-13(21)10-18(27,17(25)26)15(22)16(23)24/h7-9,13,15,21-22,27H,1-6,10H2,(H,23,24)(H,25,26)/t13-,15+,18+/m1/s1. The lowest BCUT2D eigenvalue weighted by Gasteiger charge is -2.28. The zero-order chi connectivity index (χ0) is 20.6. The number of hydrogen-bond donors (Lipinski definition) is 5. The minimum atomic E-state index is -2.93. The normalized spacial score (nSPS) is 15.7. The second-order valence-corrected chi connectivity index (χ2v) is 7.36. The summed E-state index contributed by atoms with van der Waals surface area (Å²) in [7, 11) is 0. The molecule has 0 heterocycles. The van der Waals surface area contributed by atoms with Crippen molar-refractivity contribution in [3.05, 3.63) is 33.8 Å². The van der Waals surface area contributed by atoms with Crippen LogP contribution in [0.1, 0.15) is 44.1 Å². The molecule has 0 fully saturated rings. The van der Waals surface area contributed by atoms with Gasteiger partial charge in [-0.25, -0.2) is 9.59 Å². The first-order valence-corrected chi connectivity index (χ1v) is 9.32. The van der Waals surface area contributed by atoms with Crippen LogP contribution in [0, 0.1) is 0 Å². The van der Waals surface area contributed by atoms with Gasteiger partial charge in [0.15, 0.2) is 6.10 Å². The second-order valence-electron chi connectivity index (χ2n) is 6.52. The molecule has 3 atom stereocenters. The molecular weight excluding hydrogens is 399 g/mol. The first-order valence-electron chi connectivity index (χ1n) is 8.56. The predicted molar refractivity (Wildman–Crippen MR) is 100 cm³/mol. The molecule has 152 valence electrons. The molecule has 0 aliphatic carbocycles. The lowest BCUT2D eigenvalue weighted by atomic mass is 9.88. The van der Waals surface area contributed by atoms with Crippen LogP contribution < -0.4 is 0 Å². The van der Waals surface area contributed by atoms with Crippen LogP contribution in [0.5, 0.6) is 0 Å². The summed E-state index contributed by atoms with van der Waals surface area (Å²) in [5.74, 6) is -3.76. The van der Waals surface area contributed by atoms with Crippen molar-refractivity contribution in [3.63, 3.8) is 0 Å². The second kappa shape index (κ2) is 10.8. The lowest BCUT2D eigenvalue weighted by Crippen LogP contribution is -2.55. The van der Waals surface area contributed by atoms with Crippen molar-refractivity contribution in [2.75, 3.05) is 0 Å². The van der Waals surface area contributed by atoms with Crippen LogP contribution in [0.3, 0.4) is 0 Å². The zero-order valence-electron chi connectivity index (χ0n) is 14.6. The number of hydrogen-bond acceptors (Lipinski definition) is 5. The van der Waals surface area contributed by atoms with Crippen molar-refractivity contribution in [2.24, 2.45) is 0 Å². The Kier molecular flexibility index (Phi) is 9.49. The van der Waals surface area contributed by atoms with Crippen LogP contribution in [0.2, 0.25) is 10.0 Å². The quantitative estimate of drug-likeness (QED) is 0.326. The summed E-state index contributed by atoms with van der Waals surface area (Å²) in [6.45, 7) is 0. The first-order chi connectivity index (χ1) is 12.6. The van der Waals surface area contributed by atoms with Crippen LogP contribution in [0.25, 0.3) is 0 Å². The molecule has 1 aromatic rings. The Morgan fingerprint density at radius 2 is 1.67 bits per heavy atom. The molecule has 0 unspecified atom stereocenters. The molecule has 0 saturated heterocycles. The third kappa shape index (κ3) is 7.27. The largest absolute Gasteiger partial charge is 0.479 e. The van der Waals surface area contributed by atoms with Crippen LogP contribution >= 0.6 is 23.2 Å². The van der Waals surface area contributed by atoms with Gasteiger partial charge >= 0.3 is 11.9 Å². The third-order valence-corrected chi connectivity index (χ3v) is 4.94. The Bertz CT molecular complexity index is 653. The molecule has 0 aliphatic rings. The van der Waals surface area contributed by atoms with Crippen LogP contribution in [-0.2, 0) is 16.0 Å². The van der Waals surface area contributed by atoms with Crippen LogP contribution in [0.4, 0.5) is 0 Å². The molecule has 0 saturated carbocycles. The first kappa shape index (κ1) is 23.7. The van der Waals surface area contributed by atoms with Crippen LogP contribution in [0.15, 0.2) is 18.2 Å². The van der Waals surface area contributed by atoms with E-state index in [-0.39, 0.29) is 6.42 Å². The van der Waals surface area contributed by atoms with E-state index in [4.69, 9.17) is 33.4 Å². The Morgan fingerprint density at radius 1 is 1.04 bits per heavy atom. The van der Waals surface area contributed by atoms with Gasteiger partial charge in [-0.1, -0.05) is 48.5 Å². The lowest BCUT2D eigenvalue weighted by molar-refractivity contribution is -0.187. The van der Waals surface area contributed by atoms with E-state index >= 15 is 0 Å². The van der Waals surface area contributed by atoms with Gasteiger partial charge in [-0.15, -0.1) is 0 Å². The minimum absolute atomic E-state index is 0.184. The Hall–Kier alpha value is -1.38. The summed E-state index contributed by atoms with van der Waals surface area (Å²) in [5.41, 5.74) is -1.94. The van der Waals surface area contributed by atoms with Gasteiger partial charge in [-0.05, 0) is 37.0 Å². The highest BCUT2D eigenvalue weighted by Crippen LogP contribution is 2.24. The molecular formula is C18H24Cl2O7. The molecule has 7 nitrogen and oxygen atoms in total. The molecule has 0 bridgehead atoms. The monoisotopic (exact) mass is 422 g/mol. The van der Waals surface area contributed by atoms with Gasteiger partial charge in [0.05, 0.1) is 6.10 Å². The number of aliphatic carboxylic acids is 2. The number of carboxylic acids is 2. The number of carboxylic acid groups (broad SMARTS) is 2. The average molecular weight is 423 g/mol. The fourth-order valence-corrected chi connectivity index (χ4v) is 3.26. The van der Waals surface area contributed by atoms with Gasteiger partial charge < -0.3 is 25.5 Å². The van der Waals surface area contributed by atoms with E-state index in [0.717, 1.165) is 31.2 Å². The number of carbonyl (C=O) groups is 2. The van der Waals surface area contributed by atoms with Gasteiger partial charge in [-0.2, -0.15) is 0 Å². The highest BCUT2D eigenvalue weighted by Gasteiger charge is 2.48. The average Bonchev–Trinajstić information content (AvgIpc) is 2.58. The Labute approximate surface area is 167 Å². The van der Waals surface area contributed by atoms with Crippen LogP contribution in [-0.4, -0.2) is 55.3 Å².